The first-order valence-corrected chi connectivity index (χ1v) is 8.91. The van der Waals surface area contributed by atoms with Gasteiger partial charge in [-0.2, -0.15) is 0 Å². The number of amides is 1. The molecule has 1 amide bonds. The van der Waals surface area contributed by atoms with Crippen molar-refractivity contribution < 1.29 is 13.2 Å². The molecule has 8 heteroatoms. The van der Waals surface area contributed by atoms with Crippen molar-refractivity contribution >= 4 is 27.5 Å². The van der Waals surface area contributed by atoms with Crippen molar-refractivity contribution in [2.45, 2.75) is 11.4 Å². The number of rotatable bonds is 5. The standard InChI is InChI=1S/C16H18ClN3O3S/c1-19(2)24(22,23)13-6-7-15(17)14(9-13)16(21)20(3)11-12-5-4-8-18-10-12/h4-10H,11H2,1-3H3. The van der Waals surface area contributed by atoms with Crippen LogP contribution >= 0.6 is 11.6 Å². The fraction of sp³-hybridized carbons (Fsp3) is 0.250. The molecule has 0 bridgehead atoms. The van der Waals surface area contributed by atoms with Gasteiger partial charge in [-0.3, -0.25) is 9.78 Å². The van der Waals surface area contributed by atoms with Gasteiger partial charge in [-0.1, -0.05) is 17.7 Å². The number of pyridine rings is 1. The minimum absolute atomic E-state index is 0.0232. The number of carbonyl (C=O) groups excluding carboxylic acids is 1. The van der Waals surface area contributed by atoms with Crippen molar-refractivity contribution in [2.24, 2.45) is 0 Å². The van der Waals surface area contributed by atoms with Gasteiger partial charge in [-0.25, -0.2) is 12.7 Å². The van der Waals surface area contributed by atoms with Crippen LogP contribution < -0.4 is 0 Å². The maximum absolute atomic E-state index is 12.6. The molecule has 0 aliphatic carbocycles. The molecule has 0 spiro atoms. The van der Waals surface area contributed by atoms with E-state index in [4.69, 9.17) is 11.6 Å². The summed E-state index contributed by atoms with van der Waals surface area (Å²) in [6, 6.07) is 7.74. The number of hydrogen-bond donors (Lipinski definition) is 0. The van der Waals surface area contributed by atoms with E-state index >= 15 is 0 Å². The zero-order valence-electron chi connectivity index (χ0n) is 13.6. The van der Waals surface area contributed by atoms with Crippen molar-refractivity contribution in [3.05, 3.63) is 58.9 Å². The van der Waals surface area contributed by atoms with Gasteiger partial charge >= 0.3 is 0 Å². The van der Waals surface area contributed by atoms with Crippen LogP contribution in [0.4, 0.5) is 0 Å². The highest BCUT2D eigenvalue weighted by Crippen LogP contribution is 2.23. The summed E-state index contributed by atoms with van der Waals surface area (Å²) in [6.07, 6.45) is 3.32. The van der Waals surface area contributed by atoms with Crippen molar-refractivity contribution in [3.63, 3.8) is 0 Å². The van der Waals surface area contributed by atoms with Gasteiger partial charge in [0, 0.05) is 40.1 Å². The molecular formula is C16H18ClN3O3S. The van der Waals surface area contributed by atoms with Gasteiger partial charge < -0.3 is 4.90 Å². The van der Waals surface area contributed by atoms with E-state index < -0.39 is 10.0 Å². The second kappa shape index (κ2) is 7.29. The number of aromatic nitrogens is 1. The monoisotopic (exact) mass is 367 g/mol. The second-order valence-electron chi connectivity index (χ2n) is 5.45. The Kier molecular flexibility index (Phi) is 5.58. The van der Waals surface area contributed by atoms with Crippen LogP contribution in [0.15, 0.2) is 47.6 Å². The van der Waals surface area contributed by atoms with E-state index in [2.05, 4.69) is 4.98 Å². The van der Waals surface area contributed by atoms with Gasteiger partial charge in [0.15, 0.2) is 0 Å². The fourth-order valence-electron chi connectivity index (χ4n) is 2.08. The molecular weight excluding hydrogens is 350 g/mol. The lowest BCUT2D eigenvalue weighted by Gasteiger charge is -2.19. The van der Waals surface area contributed by atoms with Gasteiger partial charge in [0.25, 0.3) is 5.91 Å². The number of carbonyl (C=O) groups is 1. The van der Waals surface area contributed by atoms with Crippen molar-refractivity contribution in [3.8, 4) is 0 Å². The third kappa shape index (κ3) is 3.92. The molecule has 2 aromatic rings. The number of nitrogens with zero attached hydrogens (tertiary/aromatic N) is 3. The lowest BCUT2D eigenvalue weighted by molar-refractivity contribution is 0.0785. The maximum Gasteiger partial charge on any atom is 0.255 e. The van der Waals surface area contributed by atoms with Gasteiger partial charge in [-0.05, 0) is 29.8 Å². The number of benzene rings is 1. The minimum Gasteiger partial charge on any atom is -0.337 e. The molecule has 1 heterocycles. The van der Waals surface area contributed by atoms with Gasteiger partial charge in [-0.15, -0.1) is 0 Å². The molecule has 128 valence electrons. The maximum atomic E-state index is 12.6. The summed E-state index contributed by atoms with van der Waals surface area (Å²) >= 11 is 6.10. The predicted octanol–water partition coefficient (Wildman–Crippen LogP) is 2.26. The Morgan fingerprint density at radius 2 is 1.92 bits per heavy atom. The highest BCUT2D eigenvalue weighted by Gasteiger charge is 2.22. The molecule has 1 aromatic heterocycles. The lowest BCUT2D eigenvalue weighted by atomic mass is 10.2. The van der Waals surface area contributed by atoms with Crippen LogP contribution in [-0.4, -0.2) is 49.7 Å². The number of sulfonamides is 1. The summed E-state index contributed by atoms with van der Waals surface area (Å²) in [4.78, 5) is 18.1. The van der Waals surface area contributed by atoms with E-state index in [9.17, 15) is 13.2 Å². The highest BCUT2D eigenvalue weighted by atomic mass is 35.5. The average Bonchev–Trinajstić information content (AvgIpc) is 2.55. The SMILES string of the molecule is CN(Cc1cccnc1)C(=O)c1cc(S(=O)(=O)N(C)C)ccc1Cl. The van der Waals surface area contributed by atoms with Crippen LogP contribution in [0, 0.1) is 0 Å². The molecule has 0 aliphatic rings. The quantitative estimate of drug-likeness (QED) is 0.812. The summed E-state index contributed by atoms with van der Waals surface area (Å²) in [5, 5.41) is 0.204. The van der Waals surface area contributed by atoms with Gasteiger partial charge in [0.2, 0.25) is 10.0 Å². The van der Waals surface area contributed by atoms with Gasteiger partial charge in [0.05, 0.1) is 15.5 Å². The first kappa shape index (κ1) is 18.4. The third-order valence-electron chi connectivity index (χ3n) is 3.44. The normalized spacial score (nSPS) is 11.5. The minimum atomic E-state index is -3.64. The zero-order valence-corrected chi connectivity index (χ0v) is 15.2. The zero-order chi connectivity index (χ0) is 17.9. The molecule has 0 N–H and O–H groups in total. The Bertz CT molecular complexity index is 839. The van der Waals surface area contributed by atoms with E-state index in [-0.39, 0.29) is 21.4 Å². The molecule has 0 unspecified atom stereocenters. The van der Waals surface area contributed by atoms with E-state index in [0.717, 1.165) is 9.87 Å². The molecule has 6 nitrogen and oxygen atoms in total. The second-order valence-corrected chi connectivity index (χ2v) is 8.01. The molecule has 2 rings (SSSR count). The molecule has 0 saturated heterocycles. The molecule has 0 aliphatic heterocycles. The first-order chi connectivity index (χ1) is 11.2. The van der Waals surface area contributed by atoms with Crippen LogP contribution in [0.3, 0.4) is 0 Å². The molecule has 0 radical (unpaired) electrons. The Hall–Kier alpha value is -1.96. The van der Waals surface area contributed by atoms with Crippen molar-refractivity contribution in [1.82, 2.24) is 14.2 Å². The van der Waals surface area contributed by atoms with Gasteiger partial charge in [0.1, 0.15) is 0 Å². The Morgan fingerprint density at radius 1 is 1.21 bits per heavy atom. The van der Waals surface area contributed by atoms with Crippen molar-refractivity contribution in [2.75, 3.05) is 21.1 Å². The molecule has 0 fully saturated rings. The number of halogens is 1. The predicted molar refractivity (Wildman–Crippen MR) is 92.4 cm³/mol. The Labute approximate surface area is 146 Å². The van der Waals surface area contributed by atoms with Crippen LogP contribution in [0.25, 0.3) is 0 Å². The molecule has 24 heavy (non-hydrogen) atoms. The van der Waals surface area contributed by atoms with E-state index in [1.165, 1.54) is 37.2 Å². The van der Waals surface area contributed by atoms with E-state index in [0.29, 0.717) is 6.54 Å². The summed E-state index contributed by atoms with van der Waals surface area (Å²) < 4.78 is 25.5. The topological polar surface area (TPSA) is 70.6 Å². The summed E-state index contributed by atoms with van der Waals surface area (Å²) in [6.45, 7) is 0.341. The molecule has 0 atom stereocenters. The average molecular weight is 368 g/mol. The van der Waals surface area contributed by atoms with E-state index in [1.807, 2.05) is 6.07 Å². The number of hydrogen-bond acceptors (Lipinski definition) is 4. The summed E-state index contributed by atoms with van der Waals surface area (Å²) in [5.74, 6) is -0.361. The lowest BCUT2D eigenvalue weighted by Crippen LogP contribution is -2.27. The Morgan fingerprint density at radius 3 is 2.50 bits per heavy atom. The molecule has 1 aromatic carbocycles. The van der Waals surface area contributed by atoms with E-state index in [1.54, 1.807) is 25.5 Å². The smallest absolute Gasteiger partial charge is 0.255 e. The van der Waals surface area contributed by atoms with Crippen LogP contribution in [0.2, 0.25) is 5.02 Å². The first-order valence-electron chi connectivity index (χ1n) is 7.10. The third-order valence-corrected chi connectivity index (χ3v) is 5.58. The fourth-order valence-corrected chi connectivity index (χ4v) is 3.21. The summed E-state index contributed by atoms with van der Waals surface area (Å²) in [5.41, 5.74) is 1.01. The highest BCUT2D eigenvalue weighted by molar-refractivity contribution is 7.89. The van der Waals surface area contributed by atoms with Crippen LogP contribution in [0.1, 0.15) is 15.9 Å². The largest absolute Gasteiger partial charge is 0.337 e. The summed E-state index contributed by atoms with van der Waals surface area (Å²) in [7, 11) is 0.845. The van der Waals surface area contributed by atoms with Crippen LogP contribution in [0.5, 0.6) is 0 Å². The van der Waals surface area contributed by atoms with Crippen molar-refractivity contribution in [1.29, 1.82) is 0 Å². The van der Waals surface area contributed by atoms with Crippen LogP contribution in [-0.2, 0) is 16.6 Å². The molecule has 0 saturated carbocycles. The Balaban J connectivity index is 2.32.